The predicted octanol–water partition coefficient (Wildman–Crippen LogP) is 11.1. The molecule has 0 radical (unpaired) electrons. The molecule has 0 aliphatic carbocycles. The molecular formula is C44H77O10P. The van der Waals surface area contributed by atoms with Crippen molar-refractivity contribution in [3.05, 3.63) is 61.3 Å². The second-order valence-electron chi connectivity index (χ2n) is 14.1. The van der Waals surface area contributed by atoms with E-state index in [2.05, 4.69) is 66.6 Å². The summed E-state index contributed by atoms with van der Waals surface area (Å²) in [6.45, 7) is 3.78. The maximum absolute atomic E-state index is 12.6. The molecule has 0 spiro atoms. The molecule has 0 saturated heterocycles. The topological polar surface area (TPSA) is 149 Å². The Labute approximate surface area is 334 Å². The van der Waals surface area contributed by atoms with Crippen molar-refractivity contribution in [2.24, 2.45) is 0 Å². The molecule has 0 heterocycles. The highest BCUT2D eigenvalue weighted by atomic mass is 31.2. The highest BCUT2D eigenvalue weighted by Crippen LogP contribution is 2.43. The minimum absolute atomic E-state index is 0.144. The van der Waals surface area contributed by atoms with E-state index >= 15 is 0 Å². The van der Waals surface area contributed by atoms with Gasteiger partial charge in [0.05, 0.1) is 19.8 Å². The average Bonchev–Trinajstić information content (AvgIpc) is 3.17. The van der Waals surface area contributed by atoms with E-state index in [1.54, 1.807) is 0 Å². The predicted molar refractivity (Wildman–Crippen MR) is 224 cm³/mol. The third-order valence-electron chi connectivity index (χ3n) is 8.77. The molecule has 10 nitrogen and oxygen atoms in total. The molecule has 0 saturated carbocycles. The zero-order valence-corrected chi connectivity index (χ0v) is 35.1. The van der Waals surface area contributed by atoms with Crippen LogP contribution >= 0.6 is 7.82 Å². The summed E-state index contributed by atoms with van der Waals surface area (Å²) >= 11 is 0. The van der Waals surface area contributed by atoms with E-state index in [-0.39, 0.29) is 19.4 Å². The Balaban J connectivity index is 4.36. The molecular weight excluding hydrogens is 719 g/mol. The van der Waals surface area contributed by atoms with Gasteiger partial charge in [-0.3, -0.25) is 18.6 Å². The lowest BCUT2D eigenvalue weighted by molar-refractivity contribution is -0.161. The van der Waals surface area contributed by atoms with Gasteiger partial charge in [0.25, 0.3) is 0 Å². The molecule has 0 fully saturated rings. The molecule has 0 amide bonds. The van der Waals surface area contributed by atoms with Crippen LogP contribution in [-0.2, 0) is 32.7 Å². The van der Waals surface area contributed by atoms with Gasteiger partial charge >= 0.3 is 19.8 Å². The number of hydrogen-bond acceptors (Lipinski definition) is 9. The number of phosphoric ester groups is 1. The fraction of sp³-hybridized carbons (Fsp3) is 0.727. The van der Waals surface area contributed by atoms with Gasteiger partial charge in [-0.2, -0.15) is 0 Å². The molecule has 11 heteroatoms. The third kappa shape index (κ3) is 39.7. The Kier molecular flexibility index (Phi) is 38.2. The maximum Gasteiger partial charge on any atom is 0.472 e. The fourth-order valence-corrected chi connectivity index (χ4v) is 6.28. The van der Waals surface area contributed by atoms with Crippen LogP contribution in [0.3, 0.4) is 0 Å². The Morgan fingerprint density at radius 2 is 1.04 bits per heavy atom. The van der Waals surface area contributed by atoms with Gasteiger partial charge in [-0.15, -0.1) is 6.58 Å². The normalized spacial score (nSPS) is 14.3. The van der Waals surface area contributed by atoms with Crippen LogP contribution in [0.1, 0.15) is 167 Å². The van der Waals surface area contributed by atoms with Crippen LogP contribution in [0.4, 0.5) is 0 Å². The van der Waals surface area contributed by atoms with Gasteiger partial charge in [-0.25, -0.2) is 4.57 Å². The lowest BCUT2D eigenvalue weighted by atomic mass is 10.0. The first kappa shape index (κ1) is 52.7. The first-order valence-electron chi connectivity index (χ1n) is 21.2. The van der Waals surface area contributed by atoms with Crippen LogP contribution in [0, 0.1) is 0 Å². The summed E-state index contributed by atoms with van der Waals surface area (Å²) in [5, 5.41) is 18.3. The Hall–Kier alpha value is -2.33. The smallest absolute Gasteiger partial charge is 0.462 e. The largest absolute Gasteiger partial charge is 0.472 e. The number of aliphatic hydroxyl groups is 2. The number of carbonyl (C=O) groups excluding carboxylic acids is 2. The molecule has 318 valence electrons. The van der Waals surface area contributed by atoms with Gasteiger partial charge in [0.2, 0.25) is 0 Å². The van der Waals surface area contributed by atoms with Crippen molar-refractivity contribution in [2.75, 3.05) is 26.4 Å². The molecule has 1 unspecified atom stereocenters. The van der Waals surface area contributed by atoms with Crippen molar-refractivity contribution < 1.29 is 47.8 Å². The van der Waals surface area contributed by atoms with Gasteiger partial charge < -0.3 is 24.6 Å². The van der Waals surface area contributed by atoms with Gasteiger partial charge in [0.15, 0.2) is 6.10 Å². The van der Waals surface area contributed by atoms with Crippen molar-refractivity contribution in [2.45, 2.75) is 180 Å². The first-order chi connectivity index (χ1) is 26.7. The highest BCUT2D eigenvalue weighted by Gasteiger charge is 2.27. The molecule has 0 aromatic heterocycles. The number of allylic oxidation sites excluding steroid dienone is 9. The highest BCUT2D eigenvalue weighted by molar-refractivity contribution is 7.47. The van der Waals surface area contributed by atoms with E-state index in [1.807, 2.05) is 6.08 Å². The quantitative estimate of drug-likeness (QED) is 0.0237. The first-order valence-corrected chi connectivity index (χ1v) is 22.7. The second kappa shape index (κ2) is 39.9. The van der Waals surface area contributed by atoms with Gasteiger partial charge in [0, 0.05) is 12.8 Å². The lowest BCUT2D eigenvalue weighted by Gasteiger charge is -2.20. The number of unbranched alkanes of at least 4 members (excludes halogenated alkanes) is 17. The number of aliphatic hydroxyl groups excluding tert-OH is 2. The Morgan fingerprint density at radius 3 is 1.56 bits per heavy atom. The van der Waals surface area contributed by atoms with Crippen LogP contribution < -0.4 is 0 Å². The van der Waals surface area contributed by atoms with Crippen LogP contribution in [-0.4, -0.2) is 65.7 Å². The zero-order chi connectivity index (χ0) is 40.5. The molecule has 3 N–H and O–H groups in total. The minimum Gasteiger partial charge on any atom is -0.462 e. The van der Waals surface area contributed by atoms with Crippen LogP contribution in [0.25, 0.3) is 0 Å². The molecule has 0 aliphatic rings. The summed E-state index contributed by atoms with van der Waals surface area (Å²) in [4.78, 5) is 35.0. The van der Waals surface area contributed by atoms with Crippen molar-refractivity contribution in [3.63, 3.8) is 0 Å². The summed E-state index contributed by atoms with van der Waals surface area (Å²) < 4.78 is 32.7. The van der Waals surface area contributed by atoms with E-state index in [9.17, 15) is 24.2 Å². The summed E-state index contributed by atoms with van der Waals surface area (Å²) in [7, 11) is -4.63. The zero-order valence-electron chi connectivity index (χ0n) is 34.2. The monoisotopic (exact) mass is 797 g/mol. The summed E-state index contributed by atoms with van der Waals surface area (Å²) in [6, 6.07) is 0. The Morgan fingerprint density at radius 1 is 0.600 bits per heavy atom. The minimum atomic E-state index is -4.63. The molecule has 0 aliphatic heterocycles. The maximum atomic E-state index is 12.6. The SMILES string of the molecule is C=CCCCCCCCCCCCCCCCC(=O)OC[C@H](COP(=O)(O)OC[C@@H](O)CO)OC(=O)CCCCC/C=C/C/C=C/C/C=C/C/C=C/CCC. The van der Waals surface area contributed by atoms with E-state index in [4.69, 9.17) is 19.1 Å². The number of ether oxygens (including phenoxy) is 2. The number of rotatable bonds is 40. The van der Waals surface area contributed by atoms with Gasteiger partial charge in [-0.1, -0.05) is 145 Å². The van der Waals surface area contributed by atoms with Gasteiger partial charge in [-0.05, 0) is 64.2 Å². The van der Waals surface area contributed by atoms with E-state index in [0.717, 1.165) is 70.6 Å². The van der Waals surface area contributed by atoms with Crippen molar-refractivity contribution in [1.29, 1.82) is 0 Å². The van der Waals surface area contributed by atoms with Crippen molar-refractivity contribution in [3.8, 4) is 0 Å². The summed E-state index contributed by atoms with van der Waals surface area (Å²) in [5.74, 6) is -0.966. The number of esters is 2. The number of hydrogen-bond donors (Lipinski definition) is 3. The molecule has 3 atom stereocenters. The standard InChI is InChI=1S/C44H77O10P/c1-3-5-7-9-11-13-15-17-19-20-22-24-26-28-30-32-34-36-44(48)54-42(40-53-55(49,50)52-38-41(46)37-45)39-51-43(47)35-33-31-29-27-25-23-21-18-16-14-12-10-8-6-4-2/h4,7,9,13,15,19-20,24,26,41-42,45-46H,2-3,5-6,8,10-12,14,16-18,21-23,25,27-40H2,1H3,(H,49,50)/b9-7+,15-13+,20-19+,26-24+/t41-,42+/m0/s1. The molecule has 0 rings (SSSR count). The third-order valence-corrected chi connectivity index (χ3v) is 9.72. The summed E-state index contributed by atoms with van der Waals surface area (Å²) in [6.07, 6.45) is 42.2. The number of phosphoric acid groups is 1. The van der Waals surface area contributed by atoms with Crippen molar-refractivity contribution in [1.82, 2.24) is 0 Å². The summed E-state index contributed by atoms with van der Waals surface area (Å²) in [5.41, 5.74) is 0. The van der Waals surface area contributed by atoms with Crippen molar-refractivity contribution >= 4 is 19.8 Å². The fourth-order valence-electron chi connectivity index (χ4n) is 5.49. The van der Waals surface area contributed by atoms with E-state index in [1.165, 1.54) is 64.2 Å². The second-order valence-corrected chi connectivity index (χ2v) is 15.5. The van der Waals surface area contributed by atoms with Gasteiger partial charge in [0.1, 0.15) is 12.7 Å². The molecule has 0 aromatic rings. The van der Waals surface area contributed by atoms with Crippen LogP contribution in [0.5, 0.6) is 0 Å². The molecule has 55 heavy (non-hydrogen) atoms. The number of carbonyl (C=O) groups is 2. The lowest BCUT2D eigenvalue weighted by Crippen LogP contribution is -2.29. The Bertz CT molecular complexity index is 1090. The average molecular weight is 797 g/mol. The molecule has 0 bridgehead atoms. The molecule has 0 aromatic carbocycles. The van der Waals surface area contributed by atoms with Crippen LogP contribution in [0.15, 0.2) is 61.3 Å². The van der Waals surface area contributed by atoms with E-state index < -0.39 is 51.8 Å². The van der Waals surface area contributed by atoms with Crippen LogP contribution in [0.2, 0.25) is 0 Å². The van der Waals surface area contributed by atoms with E-state index in [0.29, 0.717) is 12.8 Å².